The summed E-state index contributed by atoms with van der Waals surface area (Å²) in [4.78, 5) is 2.43. The average molecular weight is 235 g/mol. The molecule has 0 bridgehead atoms. The number of hydrogen-bond acceptors (Lipinski definition) is 3. The van der Waals surface area contributed by atoms with E-state index in [1.54, 1.807) is 0 Å². The summed E-state index contributed by atoms with van der Waals surface area (Å²) in [6.45, 7) is 3.71. The number of aliphatic hydroxyl groups excluding tert-OH is 1. The van der Waals surface area contributed by atoms with Crippen molar-refractivity contribution < 1.29 is 9.84 Å². The SMILES string of the molecule is OCCO[C@H]1CCCN(Cc2ccccc2)C1. The number of likely N-dealkylation sites (tertiary alicyclic amines) is 1. The number of nitrogens with zero attached hydrogens (tertiary/aromatic N) is 1. The molecule has 1 heterocycles. The number of benzene rings is 1. The molecule has 94 valence electrons. The molecule has 0 aliphatic carbocycles. The summed E-state index contributed by atoms with van der Waals surface area (Å²) in [7, 11) is 0. The Balaban J connectivity index is 1.81. The molecule has 0 radical (unpaired) electrons. The molecule has 0 amide bonds. The summed E-state index contributed by atoms with van der Waals surface area (Å²) in [5.74, 6) is 0. The van der Waals surface area contributed by atoms with Crippen LogP contribution in [-0.2, 0) is 11.3 Å². The predicted octanol–water partition coefficient (Wildman–Crippen LogP) is 1.66. The highest BCUT2D eigenvalue weighted by Crippen LogP contribution is 2.15. The minimum Gasteiger partial charge on any atom is -0.394 e. The van der Waals surface area contributed by atoms with Crippen molar-refractivity contribution in [1.82, 2.24) is 4.90 Å². The van der Waals surface area contributed by atoms with Gasteiger partial charge in [0.15, 0.2) is 0 Å². The highest BCUT2D eigenvalue weighted by molar-refractivity contribution is 5.14. The van der Waals surface area contributed by atoms with Crippen LogP contribution in [0.2, 0.25) is 0 Å². The fourth-order valence-electron chi connectivity index (χ4n) is 2.35. The second-order valence-corrected chi connectivity index (χ2v) is 4.58. The lowest BCUT2D eigenvalue weighted by atomic mass is 10.1. The van der Waals surface area contributed by atoms with Crippen molar-refractivity contribution in [2.45, 2.75) is 25.5 Å². The predicted molar refractivity (Wildman–Crippen MR) is 67.8 cm³/mol. The first-order valence-corrected chi connectivity index (χ1v) is 6.37. The minimum absolute atomic E-state index is 0.120. The molecule has 1 saturated heterocycles. The third-order valence-electron chi connectivity index (χ3n) is 3.16. The van der Waals surface area contributed by atoms with E-state index in [1.807, 2.05) is 6.07 Å². The quantitative estimate of drug-likeness (QED) is 0.842. The van der Waals surface area contributed by atoms with Crippen LogP contribution >= 0.6 is 0 Å². The first-order chi connectivity index (χ1) is 8.38. The van der Waals surface area contributed by atoms with Crippen LogP contribution in [-0.4, -0.2) is 42.4 Å². The highest BCUT2D eigenvalue weighted by atomic mass is 16.5. The molecule has 1 atom stereocenters. The molecule has 1 fully saturated rings. The van der Waals surface area contributed by atoms with Crippen LogP contribution in [0.1, 0.15) is 18.4 Å². The number of piperidine rings is 1. The molecular formula is C14H21NO2. The number of ether oxygens (including phenoxy) is 1. The largest absolute Gasteiger partial charge is 0.394 e. The van der Waals surface area contributed by atoms with E-state index in [0.29, 0.717) is 12.7 Å². The molecule has 0 saturated carbocycles. The molecule has 1 aliphatic rings. The number of hydrogen-bond donors (Lipinski definition) is 1. The van der Waals surface area contributed by atoms with Gasteiger partial charge in [-0.25, -0.2) is 0 Å². The molecule has 3 nitrogen and oxygen atoms in total. The first-order valence-electron chi connectivity index (χ1n) is 6.37. The standard InChI is InChI=1S/C14H21NO2/c16-9-10-17-14-7-4-8-15(12-14)11-13-5-2-1-3-6-13/h1-3,5-6,14,16H,4,7-12H2/t14-/m0/s1. The van der Waals surface area contributed by atoms with Crippen LogP contribution in [0, 0.1) is 0 Å². The Hall–Kier alpha value is -0.900. The molecule has 0 unspecified atom stereocenters. The van der Waals surface area contributed by atoms with Gasteiger partial charge in [-0.1, -0.05) is 30.3 Å². The molecule has 1 aromatic carbocycles. The monoisotopic (exact) mass is 235 g/mol. The number of aliphatic hydroxyl groups is 1. The van der Waals surface area contributed by atoms with Gasteiger partial charge >= 0.3 is 0 Å². The van der Waals surface area contributed by atoms with E-state index < -0.39 is 0 Å². The second kappa shape index (κ2) is 6.74. The van der Waals surface area contributed by atoms with Crippen molar-refractivity contribution in [2.75, 3.05) is 26.3 Å². The van der Waals surface area contributed by atoms with Gasteiger partial charge in [0.05, 0.1) is 19.3 Å². The van der Waals surface area contributed by atoms with Gasteiger partial charge in [0.1, 0.15) is 0 Å². The normalized spacial score (nSPS) is 21.6. The Bertz CT molecular complexity index is 315. The molecule has 2 rings (SSSR count). The van der Waals surface area contributed by atoms with Gasteiger partial charge in [0, 0.05) is 13.1 Å². The van der Waals surface area contributed by atoms with Crippen molar-refractivity contribution in [3.05, 3.63) is 35.9 Å². The smallest absolute Gasteiger partial charge is 0.0703 e. The summed E-state index contributed by atoms with van der Waals surface area (Å²) in [6.07, 6.45) is 2.59. The highest BCUT2D eigenvalue weighted by Gasteiger charge is 2.19. The first kappa shape index (κ1) is 12.6. The zero-order valence-corrected chi connectivity index (χ0v) is 10.2. The lowest BCUT2D eigenvalue weighted by Gasteiger charge is -2.32. The Morgan fingerprint density at radius 3 is 2.88 bits per heavy atom. The van der Waals surface area contributed by atoms with Crippen molar-refractivity contribution >= 4 is 0 Å². The molecule has 0 aromatic heterocycles. The Kier molecular flexibility index (Phi) is 4.98. The average Bonchev–Trinajstić information content (AvgIpc) is 2.38. The van der Waals surface area contributed by atoms with Crippen LogP contribution in [0.4, 0.5) is 0 Å². The molecule has 3 heteroatoms. The maximum Gasteiger partial charge on any atom is 0.0703 e. The van der Waals surface area contributed by atoms with E-state index in [0.717, 1.165) is 26.1 Å². The zero-order chi connectivity index (χ0) is 11.9. The van der Waals surface area contributed by atoms with E-state index in [-0.39, 0.29) is 6.61 Å². The van der Waals surface area contributed by atoms with Gasteiger partial charge in [0.2, 0.25) is 0 Å². The van der Waals surface area contributed by atoms with Crippen molar-refractivity contribution in [3.63, 3.8) is 0 Å². The van der Waals surface area contributed by atoms with Crippen LogP contribution in [0.5, 0.6) is 0 Å². The van der Waals surface area contributed by atoms with E-state index >= 15 is 0 Å². The van der Waals surface area contributed by atoms with Gasteiger partial charge in [-0.15, -0.1) is 0 Å². The third-order valence-corrected chi connectivity index (χ3v) is 3.16. The molecule has 1 aliphatic heterocycles. The van der Waals surface area contributed by atoms with E-state index in [4.69, 9.17) is 9.84 Å². The fourth-order valence-corrected chi connectivity index (χ4v) is 2.35. The maximum atomic E-state index is 8.76. The summed E-state index contributed by atoms with van der Waals surface area (Å²) in [5.41, 5.74) is 1.36. The van der Waals surface area contributed by atoms with Gasteiger partial charge in [0.25, 0.3) is 0 Å². The van der Waals surface area contributed by atoms with E-state index in [1.165, 1.54) is 12.0 Å². The Labute approximate surface area is 103 Å². The Morgan fingerprint density at radius 1 is 1.29 bits per heavy atom. The van der Waals surface area contributed by atoms with Crippen LogP contribution in [0.25, 0.3) is 0 Å². The zero-order valence-electron chi connectivity index (χ0n) is 10.2. The van der Waals surface area contributed by atoms with Crippen molar-refractivity contribution in [2.24, 2.45) is 0 Å². The lowest BCUT2D eigenvalue weighted by Crippen LogP contribution is -2.39. The van der Waals surface area contributed by atoms with Gasteiger partial charge < -0.3 is 9.84 Å². The maximum absolute atomic E-state index is 8.76. The molecule has 1 aromatic rings. The van der Waals surface area contributed by atoms with Crippen LogP contribution in [0.3, 0.4) is 0 Å². The third kappa shape index (κ3) is 4.11. The van der Waals surface area contributed by atoms with Gasteiger partial charge in [-0.05, 0) is 24.9 Å². The topological polar surface area (TPSA) is 32.7 Å². The summed E-state index contributed by atoms with van der Waals surface area (Å²) in [6, 6.07) is 10.5. The van der Waals surface area contributed by atoms with Crippen LogP contribution in [0.15, 0.2) is 30.3 Å². The van der Waals surface area contributed by atoms with Gasteiger partial charge in [-0.2, -0.15) is 0 Å². The summed E-state index contributed by atoms with van der Waals surface area (Å²) < 4.78 is 5.61. The van der Waals surface area contributed by atoms with Gasteiger partial charge in [-0.3, -0.25) is 4.90 Å². The molecule has 0 spiro atoms. The minimum atomic E-state index is 0.120. The molecular weight excluding hydrogens is 214 g/mol. The molecule has 1 N–H and O–H groups in total. The van der Waals surface area contributed by atoms with E-state index in [9.17, 15) is 0 Å². The van der Waals surface area contributed by atoms with Crippen molar-refractivity contribution in [3.8, 4) is 0 Å². The molecule has 17 heavy (non-hydrogen) atoms. The fraction of sp³-hybridized carbons (Fsp3) is 0.571. The summed E-state index contributed by atoms with van der Waals surface area (Å²) in [5, 5.41) is 8.76. The van der Waals surface area contributed by atoms with Crippen molar-refractivity contribution in [1.29, 1.82) is 0 Å². The number of rotatable bonds is 5. The summed E-state index contributed by atoms with van der Waals surface area (Å²) >= 11 is 0. The lowest BCUT2D eigenvalue weighted by molar-refractivity contribution is -0.0163. The Morgan fingerprint density at radius 2 is 2.12 bits per heavy atom. The second-order valence-electron chi connectivity index (χ2n) is 4.58. The van der Waals surface area contributed by atoms with Crippen LogP contribution < -0.4 is 0 Å². The van der Waals surface area contributed by atoms with E-state index in [2.05, 4.69) is 29.2 Å².